The van der Waals surface area contributed by atoms with Crippen molar-refractivity contribution in [2.24, 2.45) is 0 Å². The molecule has 0 aliphatic carbocycles. The Hall–Kier alpha value is -3.13. The molecule has 7 nitrogen and oxygen atoms in total. The number of amides is 1. The number of hydrogen-bond acceptors (Lipinski definition) is 5. The van der Waals surface area contributed by atoms with Gasteiger partial charge in [-0.15, -0.1) is 0 Å². The Morgan fingerprint density at radius 3 is 2.47 bits per heavy atom. The molecule has 1 aliphatic heterocycles. The summed E-state index contributed by atoms with van der Waals surface area (Å²) in [6, 6.07) is 14.4. The van der Waals surface area contributed by atoms with E-state index in [1.165, 1.54) is 4.57 Å². The highest BCUT2D eigenvalue weighted by molar-refractivity contribution is 7.71. The minimum absolute atomic E-state index is 0.101. The van der Waals surface area contributed by atoms with E-state index in [1.807, 2.05) is 35.2 Å². The topological polar surface area (TPSA) is 81.6 Å². The number of benzene rings is 2. The van der Waals surface area contributed by atoms with Crippen LogP contribution in [0.1, 0.15) is 12.8 Å². The molecule has 0 unspecified atom stereocenters. The second-order valence-corrected chi connectivity index (χ2v) is 7.81. The van der Waals surface area contributed by atoms with Crippen molar-refractivity contribution in [3.63, 3.8) is 0 Å². The lowest BCUT2D eigenvalue weighted by Crippen LogP contribution is -2.48. The average Bonchev–Trinajstić information content (AvgIpc) is 2.76. The average molecular weight is 425 g/mol. The Balaban J connectivity index is 1.32. The number of aromatic nitrogens is 2. The maximum Gasteiger partial charge on any atom is 0.262 e. The number of phenols is 1. The second-order valence-electron chi connectivity index (χ2n) is 7.42. The first-order valence-electron chi connectivity index (χ1n) is 10.1. The van der Waals surface area contributed by atoms with E-state index in [1.54, 1.807) is 18.2 Å². The molecule has 0 spiro atoms. The van der Waals surface area contributed by atoms with Crippen LogP contribution in [-0.2, 0) is 11.3 Å². The van der Waals surface area contributed by atoms with Crippen LogP contribution in [0.15, 0.2) is 53.3 Å². The normalized spacial score (nSPS) is 14.3. The zero-order valence-electron chi connectivity index (χ0n) is 16.6. The molecule has 3 aromatic rings. The van der Waals surface area contributed by atoms with Gasteiger partial charge in [-0.3, -0.25) is 14.2 Å². The molecule has 1 aromatic heterocycles. The van der Waals surface area contributed by atoms with Crippen LogP contribution in [0.25, 0.3) is 10.9 Å². The Labute approximate surface area is 179 Å². The van der Waals surface area contributed by atoms with Crippen molar-refractivity contribution < 1.29 is 9.90 Å². The number of hydrogen-bond donors (Lipinski definition) is 2. The second kappa shape index (κ2) is 8.71. The number of piperazine rings is 1. The van der Waals surface area contributed by atoms with Crippen molar-refractivity contribution >= 4 is 34.7 Å². The first kappa shape index (κ1) is 20.2. The first-order chi connectivity index (χ1) is 14.5. The third-order valence-corrected chi connectivity index (χ3v) is 5.83. The number of anilines is 1. The predicted molar refractivity (Wildman–Crippen MR) is 120 cm³/mol. The van der Waals surface area contributed by atoms with Gasteiger partial charge in [-0.1, -0.05) is 12.1 Å². The highest BCUT2D eigenvalue weighted by Crippen LogP contribution is 2.20. The van der Waals surface area contributed by atoms with Gasteiger partial charge in [-0.25, -0.2) is 0 Å². The van der Waals surface area contributed by atoms with Gasteiger partial charge in [0.05, 0.1) is 10.9 Å². The molecule has 0 radical (unpaired) electrons. The molecule has 156 valence electrons. The number of phenolic OH excluding ortho intramolecular Hbond substituents is 1. The van der Waals surface area contributed by atoms with Crippen molar-refractivity contribution in [2.45, 2.75) is 19.4 Å². The molecular formula is C22H24N4O3S. The van der Waals surface area contributed by atoms with E-state index in [4.69, 9.17) is 12.2 Å². The van der Waals surface area contributed by atoms with Gasteiger partial charge in [-0.05, 0) is 55.0 Å². The number of aromatic hydroxyl groups is 1. The Bertz CT molecular complexity index is 1160. The van der Waals surface area contributed by atoms with Crippen molar-refractivity contribution in [3.8, 4) is 5.75 Å². The Kier molecular flexibility index (Phi) is 5.85. The SMILES string of the molecule is O=C(CCCn1c(=S)[nH]c2ccccc2c1=O)N1CCN(c2ccc(O)cc2)CC1. The summed E-state index contributed by atoms with van der Waals surface area (Å²) in [5, 5.41) is 10.0. The number of nitrogens with zero attached hydrogens (tertiary/aromatic N) is 3. The standard InChI is InChI=1S/C22H24N4O3S/c27-17-9-7-16(8-10-17)24-12-14-25(15-13-24)20(28)6-3-11-26-21(29)18-4-1-2-5-19(18)23-22(26)30/h1-2,4-5,7-10,27H,3,6,11-15H2,(H,23,30). The number of fused-ring (bicyclic) bond motifs is 1. The number of para-hydroxylation sites is 1. The molecule has 0 bridgehead atoms. The van der Waals surface area contributed by atoms with Crippen LogP contribution in [0.2, 0.25) is 0 Å². The highest BCUT2D eigenvalue weighted by atomic mass is 32.1. The summed E-state index contributed by atoms with van der Waals surface area (Å²) in [6.07, 6.45) is 0.944. The third-order valence-electron chi connectivity index (χ3n) is 5.51. The lowest BCUT2D eigenvalue weighted by Gasteiger charge is -2.36. The molecule has 8 heteroatoms. The largest absolute Gasteiger partial charge is 0.508 e. The van der Waals surface area contributed by atoms with Gasteiger partial charge < -0.3 is 19.9 Å². The van der Waals surface area contributed by atoms with Gasteiger partial charge in [0, 0.05) is 44.8 Å². The van der Waals surface area contributed by atoms with Crippen LogP contribution in [0.5, 0.6) is 5.75 Å². The van der Waals surface area contributed by atoms with Gasteiger partial charge in [0.25, 0.3) is 5.56 Å². The molecule has 1 saturated heterocycles. The summed E-state index contributed by atoms with van der Waals surface area (Å²) in [4.78, 5) is 32.5. The van der Waals surface area contributed by atoms with Gasteiger partial charge in [0.15, 0.2) is 4.77 Å². The van der Waals surface area contributed by atoms with E-state index in [2.05, 4.69) is 9.88 Å². The number of rotatable bonds is 5. The number of carbonyl (C=O) groups excluding carboxylic acids is 1. The van der Waals surface area contributed by atoms with Crippen molar-refractivity contribution in [2.75, 3.05) is 31.1 Å². The smallest absolute Gasteiger partial charge is 0.262 e. The van der Waals surface area contributed by atoms with Crippen LogP contribution in [0.4, 0.5) is 5.69 Å². The lowest BCUT2D eigenvalue weighted by molar-refractivity contribution is -0.131. The van der Waals surface area contributed by atoms with E-state index in [9.17, 15) is 14.7 Å². The molecule has 4 rings (SSSR count). The molecule has 2 aromatic carbocycles. The summed E-state index contributed by atoms with van der Waals surface area (Å²) in [5.74, 6) is 0.349. The summed E-state index contributed by atoms with van der Waals surface area (Å²) < 4.78 is 1.92. The number of carbonyl (C=O) groups is 1. The molecule has 1 aliphatic rings. The van der Waals surface area contributed by atoms with Gasteiger partial charge >= 0.3 is 0 Å². The molecule has 2 N–H and O–H groups in total. The van der Waals surface area contributed by atoms with Gasteiger partial charge in [-0.2, -0.15) is 0 Å². The monoisotopic (exact) mass is 424 g/mol. The first-order valence-corrected chi connectivity index (χ1v) is 10.5. The van der Waals surface area contributed by atoms with Crippen LogP contribution in [-0.4, -0.2) is 51.6 Å². The van der Waals surface area contributed by atoms with E-state index in [-0.39, 0.29) is 17.2 Å². The summed E-state index contributed by atoms with van der Waals surface area (Å²) in [5.41, 5.74) is 1.65. The maximum atomic E-state index is 12.7. The molecule has 0 saturated carbocycles. The molecule has 30 heavy (non-hydrogen) atoms. The Morgan fingerprint density at radius 2 is 1.73 bits per heavy atom. The van der Waals surface area contributed by atoms with Crippen LogP contribution >= 0.6 is 12.2 Å². The van der Waals surface area contributed by atoms with Crippen molar-refractivity contribution in [1.82, 2.24) is 14.5 Å². The molecular weight excluding hydrogens is 400 g/mol. The minimum Gasteiger partial charge on any atom is -0.508 e. The molecule has 2 heterocycles. The molecule has 1 fully saturated rings. The quantitative estimate of drug-likeness (QED) is 0.616. The number of H-pyrrole nitrogens is 1. The van der Waals surface area contributed by atoms with Crippen LogP contribution in [0, 0.1) is 4.77 Å². The van der Waals surface area contributed by atoms with E-state index >= 15 is 0 Å². The third kappa shape index (κ3) is 4.23. The van der Waals surface area contributed by atoms with Gasteiger partial charge in [0.1, 0.15) is 5.75 Å². The lowest BCUT2D eigenvalue weighted by atomic mass is 10.2. The number of aromatic amines is 1. The fraction of sp³-hybridized carbons (Fsp3) is 0.318. The zero-order valence-corrected chi connectivity index (χ0v) is 17.4. The van der Waals surface area contributed by atoms with Crippen molar-refractivity contribution in [3.05, 3.63) is 63.7 Å². The van der Waals surface area contributed by atoms with E-state index in [0.717, 1.165) is 24.3 Å². The Morgan fingerprint density at radius 1 is 1.03 bits per heavy atom. The molecule has 1 amide bonds. The maximum absolute atomic E-state index is 12.7. The summed E-state index contributed by atoms with van der Waals surface area (Å²) >= 11 is 5.33. The zero-order chi connectivity index (χ0) is 21.1. The van der Waals surface area contributed by atoms with Crippen molar-refractivity contribution in [1.29, 1.82) is 0 Å². The summed E-state index contributed by atoms with van der Waals surface area (Å²) in [7, 11) is 0. The number of nitrogens with one attached hydrogen (secondary N) is 1. The van der Waals surface area contributed by atoms with E-state index in [0.29, 0.717) is 42.6 Å². The molecule has 0 atom stereocenters. The highest BCUT2D eigenvalue weighted by Gasteiger charge is 2.21. The fourth-order valence-corrected chi connectivity index (χ4v) is 4.11. The van der Waals surface area contributed by atoms with Gasteiger partial charge in [0.2, 0.25) is 5.91 Å². The minimum atomic E-state index is -0.121. The fourth-order valence-electron chi connectivity index (χ4n) is 3.83. The summed E-state index contributed by atoms with van der Waals surface area (Å²) in [6.45, 7) is 3.25. The van der Waals surface area contributed by atoms with Crippen LogP contribution in [0.3, 0.4) is 0 Å². The van der Waals surface area contributed by atoms with Crippen LogP contribution < -0.4 is 10.5 Å². The predicted octanol–water partition coefficient (Wildman–Crippen LogP) is 2.89. The van der Waals surface area contributed by atoms with E-state index < -0.39 is 0 Å².